The summed E-state index contributed by atoms with van der Waals surface area (Å²) in [7, 11) is 0. The molecule has 11 heavy (non-hydrogen) atoms. The molecule has 2 rings (SSSR count). The Hall–Kier alpha value is -0.900. The van der Waals surface area contributed by atoms with Gasteiger partial charge in [0.05, 0.1) is 0 Å². The van der Waals surface area contributed by atoms with Crippen LogP contribution in [-0.2, 0) is 0 Å². The van der Waals surface area contributed by atoms with Gasteiger partial charge < -0.3 is 5.32 Å². The van der Waals surface area contributed by atoms with Crippen molar-refractivity contribution in [3.63, 3.8) is 0 Å². The Morgan fingerprint density at radius 1 is 1.36 bits per heavy atom. The Kier molecular flexibility index (Phi) is 1.85. The number of aromatic nitrogens is 3. The van der Waals surface area contributed by atoms with Gasteiger partial charge in [-0.2, -0.15) is 5.10 Å². The van der Waals surface area contributed by atoms with Gasteiger partial charge in [0.2, 0.25) is 0 Å². The van der Waals surface area contributed by atoms with E-state index in [0.717, 1.165) is 31.8 Å². The second-order valence-corrected chi connectivity index (χ2v) is 2.88. The summed E-state index contributed by atoms with van der Waals surface area (Å²) in [6.45, 7) is 2.19. The topological polar surface area (TPSA) is 53.6 Å². The van der Waals surface area contributed by atoms with E-state index in [2.05, 4.69) is 20.5 Å². The van der Waals surface area contributed by atoms with Crippen molar-refractivity contribution < 1.29 is 0 Å². The fraction of sp³-hybridized carbons (Fsp3) is 0.714. The number of aromatic amines is 1. The molecule has 0 saturated carbocycles. The lowest BCUT2D eigenvalue weighted by Crippen LogP contribution is -2.27. The molecule has 60 valence electrons. The number of nitrogens with one attached hydrogen (secondary N) is 2. The van der Waals surface area contributed by atoms with Crippen LogP contribution in [0.4, 0.5) is 0 Å². The van der Waals surface area contributed by atoms with Gasteiger partial charge in [0, 0.05) is 5.92 Å². The molecule has 0 bridgehead atoms. The lowest BCUT2D eigenvalue weighted by Gasteiger charge is -2.19. The maximum atomic E-state index is 4.15. The van der Waals surface area contributed by atoms with Crippen LogP contribution < -0.4 is 5.32 Å². The number of rotatable bonds is 1. The molecule has 0 spiro atoms. The molecular formula is C7H12N4. The molecule has 2 N–H and O–H groups in total. The maximum Gasteiger partial charge on any atom is 0.153 e. The quantitative estimate of drug-likeness (QED) is 0.607. The van der Waals surface area contributed by atoms with Gasteiger partial charge in [-0.25, -0.2) is 4.98 Å². The highest BCUT2D eigenvalue weighted by Crippen LogP contribution is 2.20. The first-order chi connectivity index (χ1) is 5.47. The normalized spacial score (nSPS) is 20.4. The van der Waals surface area contributed by atoms with Crippen LogP contribution in [0.25, 0.3) is 0 Å². The molecule has 0 aliphatic carbocycles. The minimum atomic E-state index is 0.572. The minimum Gasteiger partial charge on any atom is -0.317 e. The van der Waals surface area contributed by atoms with Gasteiger partial charge in [-0.05, 0) is 25.9 Å². The molecule has 0 radical (unpaired) electrons. The Labute approximate surface area is 65.4 Å². The van der Waals surface area contributed by atoms with Crippen LogP contribution in [0.1, 0.15) is 24.6 Å². The fourth-order valence-corrected chi connectivity index (χ4v) is 1.50. The Balaban J connectivity index is 2.04. The van der Waals surface area contributed by atoms with E-state index in [1.165, 1.54) is 0 Å². The average molecular weight is 152 g/mol. The molecule has 4 nitrogen and oxygen atoms in total. The third-order valence-electron chi connectivity index (χ3n) is 2.14. The summed E-state index contributed by atoms with van der Waals surface area (Å²) in [5.41, 5.74) is 0. The zero-order valence-electron chi connectivity index (χ0n) is 6.38. The van der Waals surface area contributed by atoms with E-state index < -0.39 is 0 Å². The van der Waals surface area contributed by atoms with Crippen LogP contribution in [0.3, 0.4) is 0 Å². The van der Waals surface area contributed by atoms with E-state index >= 15 is 0 Å². The number of hydrogen-bond acceptors (Lipinski definition) is 3. The van der Waals surface area contributed by atoms with E-state index in [1.54, 1.807) is 6.33 Å². The molecule has 0 atom stereocenters. The van der Waals surface area contributed by atoms with Crippen molar-refractivity contribution in [3.05, 3.63) is 12.2 Å². The largest absolute Gasteiger partial charge is 0.317 e. The minimum absolute atomic E-state index is 0.572. The first-order valence-electron chi connectivity index (χ1n) is 4.03. The third-order valence-corrected chi connectivity index (χ3v) is 2.14. The van der Waals surface area contributed by atoms with E-state index in [-0.39, 0.29) is 0 Å². The number of hydrogen-bond donors (Lipinski definition) is 2. The van der Waals surface area contributed by atoms with Gasteiger partial charge in [0.15, 0.2) is 5.82 Å². The van der Waals surface area contributed by atoms with E-state index in [0.29, 0.717) is 5.92 Å². The van der Waals surface area contributed by atoms with Gasteiger partial charge in [0.1, 0.15) is 6.33 Å². The second-order valence-electron chi connectivity index (χ2n) is 2.88. The number of H-pyrrole nitrogens is 1. The van der Waals surface area contributed by atoms with Crippen LogP contribution in [-0.4, -0.2) is 28.3 Å². The van der Waals surface area contributed by atoms with Crippen molar-refractivity contribution in [3.8, 4) is 0 Å². The van der Waals surface area contributed by atoms with Gasteiger partial charge in [-0.3, -0.25) is 5.10 Å². The summed E-state index contributed by atoms with van der Waals surface area (Å²) in [5, 5.41) is 10.1. The van der Waals surface area contributed by atoms with E-state index in [4.69, 9.17) is 0 Å². The van der Waals surface area contributed by atoms with Gasteiger partial charge in [0.25, 0.3) is 0 Å². The molecular weight excluding hydrogens is 140 g/mol. The summed E-state index contributed by atoms with van der Waals surface area (Å²) < 4.78 is 0. The predicted octanol–water partition coefficient (Wildman–Crippen LogP) is 0.272. The SMILES string of the molecule is c1nc(C2CCNCC2)n[nH]1. The van der Waals surface area contributed by atoms with Crippen molar-refractivity contribution in [1.82, 2.24) is 20.5 Å². The Morgan fingerprint density at radius 3 is 2.82 bits per heavy atom. The highest BCUT2D eigenvalue weighted by molar-refractivity contribution is 4.94. The van der Waals surface area contributed by atoms with Crippen molar-refractivity contribution in [2.75, 3.05) is 13.1 Å². The second kappa shape index (κ2) is 3.00. The van der Waals surface area contributed by atoms with E-state index in [1.807, 2.05) is 0 Å². The maximum absolute atomic E-state index is 4.15. The predicted molar refractivity (Wildman–Crippen MR) is 41.2 cm³/mol. The van der Waals surface area contributed by atoms with Crippen molar-refractivity contribution in [2.24, 2.45) is 0 Å². The zero-order valence-corrected chi connectivity index (χ0v) is 6.38. The van der Waals surface area contributed by atoms with Crippen molar-refractivity contribution in [1.29, 1.82) is 0 Å². The van der Waals surface area contributed by atoms with Gasteiger partial charge in [-0.15, -0.1) is 0 Å². The summed E-state index contributed by atoms with van der Waals surface area (Å²) in [4.78, 5) is 4.15. The molecule has 4 heteroatoms. The Bertz CT molecular complexity index is 200. The highest BCUT2D eigenvalue weighted by atomic mass is 15.2. The molecule has 1 aromatic heterocycles. The molecule has 0 amide bonds. The first kappa shape index (κ1) is 6.79. The number of nitrogens with zero attached hydrogens (tertiary/aromatic N) is 2. The molecule has 0 unspecified atom stereocenters. The van der Waals surface area contributed by atoms with E-state index in [9.17, 15) is 0 Å². The van der Waals surface area contributed by atoms with Crippen molar-refractivity contribution in [2.45, 2.75) is 18.8 Å². The van der Waals surface area contributed by atoms with Crippen LogP contribution in [0.5, 0.6) is 0 Å². The Morgan fingerprint density at radius 2 is 2.18 bits per heavy atom. The smallest absolute Gasteiger partial charge is 0.153 e. The number of piperidine rings is 1. The summed E-state index contributed by atoms with van der Waals surface area (Å²) >= 11 is 0. The lowest BCUT2D eigenvalue weighted by atomic mass is 9.98. The molecule has 1 fully saturated rings. The fourth-order valence-electron chi connectivity index (χ4n) is 1.50. The van der Waals surface area contributed by atoms with Crippen LogP contribution in [0.2, 0.25) is 0 Å². The summed E-state index contributed by atoms with van der Waals surface area (Å²) in [6.07, 6.45) is 3.98. The monoisotopic (exact) mass is 152 g/mol. The molecule has 1 aliphatic rings. The molecule has 1 saturated heterocycles. The van der Waals surface area contributed by atoms with Crippen LogP contribution in [0, 0.1) is 0 Å². The standard InChI is InChI=1S/C7H12N4/c1-3-8-4-2-6(1)7-9-5-10-11-7/h5-6,8H,1-4H2,(H,9,10,11). The molecule has 1 aromatic rings. The highest BCUT2D eigenvalue weighted by Gasteiger charge is 2.17. The summed E-state index contributed by atoms with van der Waals surface area (Å²) in [5.74, 6) is 1.55. The lowest BCUT2D eigenvalue weighted by molar-refractivity contribution is 0.446. The third kappa shape index (κ3) is 1.40. The summed E-state index contributed by atoms with van der Waals surface area (Å²) in [6, 6.07) is 0. The van der Waals surface area contributed by atoms with Gasteiger partial charge >= 0.3 is 0 Å². The van der Waals surface area contributed by atoms with Crippen molar-refractivity contribution >= 4 is 0 Å². The zero-order chi connectivity index (χ0) is 7.52. The van der Waals surface area contributed by atoms with Gasteiger partial charge in [-0.1, -0.05) is 0 Å². The molecule has 0 aromatic carbocycles. The molecule has 1 aliphatic heterocycles. The first-order valence-corrected chi connectivity index (χ1v) is 4.03. The average Bonchev–Trinajstić information content (AvgIpc) is 2.58. The van der Waals surface area contributed by atoms with Crippen LogP contribution >= 0.6 is 0 Å². The molecule has 2 heterocycles. The van der Waals surface area contributed by atoms with Crippen LogP contribution in [0.15, 0.2) is 6.33 Å².